The van der Waals surface area contributed by atoms with Crippen LogP contribution in [0.15, 0.2) is 53.4 Å². The standard InChI is InChI=1S/C21H26N2O4S/c1-3-21(25)23-16(2)13-18-14-19(9-10-20(18)23)28(26,27)22(11-12-24)15-17-7-5-4-6-8-17/h4-10,14,16,24H,3,11-13,15H2,1-2H3/t16-/m0/s1. The van der Waals surface area contributed by atoms with Crippen LogP contribution in [0, 0.1) is 0 Å². The molecular formula is C21H26N2O4S. The summed E-state index contributed by atoms with van der Waals surface area (Å²) in [6, 6.07) is 14.3. The number of aliphatic hydroxyl groups excluding tert-OH is 1. The van der Waals surface area contributed by atoms with E-state index in [2.05, 4.69) is 0 Å². The van der Waals surface area contributed by atoms with Crippen LogP contribution >= 0.6 is 0 Å². The van der Waals surface area contributed by atoms with Gasteiger partial charge in [-0.15, -0.1) is 0 Å². The summed E-state index contributed by atoms with van der Waals surface area (Å²) in [5.41, 5.74) is 2.50. The van der Waals surface area contributed by atoms with E-state index >= 15 is 0 Å². The Balaban J connectivity index is 1.93. The minimum Gasteiger partial charge on any atom is -0.395 e. The molecule has 0 saturated heterocycles. The summed E-state index contributed by atoms with van der Waals surface area (Å²) in [7, 11) is -3.77. The van der Waals surface area contributed by atoms with Crippen molar-refractivity contribution in [2.24, 2.45) is 0 Å². The molecule has 0 aliphatic carbocycles. The molecule has 1 heterocycles. The number of nitrogens with zero attached hydrogens (tertiary/aromatic N) is 2. The minimum absolute atomic E-state index is 0.0123. The van der Waals surface area contributed by atoms with Crippen LogP contribution in [0.1, 0.15) is 31.4 Å². The quantitative estimate of drug-likeness (QED) is 0.772. The molecule has 0 spiro atoms. The maximum absolute atomic E-state index is 13.2. The highest BCUT2D eigenvalue weighted by Crippen LogP contribution is 2.35. The van der Waals surface area contributed by atoms with Gasteiger partial charge in [-0.1, -0.05) is 37.3 Å². The third kappa shape index (κ3) is 3.97. The first kappa shape index (κ1) is 20.5. The van der Waals surface area contributed by atoms with Gasteiger partial charge in [0.15, 0.2) is 0 Å². The maximum Gasteiger partial charge on any atom is 0.243 e. The van der Waals surface area contributed by atoms with Gasteiger partial charge in [0.1, 0.15) is 0 Å². The zero-order valence-corrected chi connectivity index (χ0v) is 17.0. The van der Waals surface area contributed by atoms with Crippen LogP contribution in [0.3, 0.4) is 0 Å². The average molecular weight is 403 g/mol. The van der Waals surface area contributed by atoms with E-state index in [1.54, 1.807) is 23.1 Å². The van der Waals surface area contributed by atoms with E-state index in [0.29, 0.717) is 12.8 Å². The zero-order chi connectivity index (χ0) is 20.3. The second-order valence-electron chi connectivity index (χ2n) is 7.01. The van der Waals surface area contributed by atoms with Gasteiger partial charge in [0.05, 0.1) is 11.5 Å². The molecule has 2 aromatic carbocycles. The Morgan fingerprint density at radius 3 is 2.57 bits per heavy atom. The van der Waals surface area contributed by atoms with Crippen molar-refractivity contribution in [3.8, 4) is 0 Å². The van der Waals surface area contributed by atoms with E-state index in [0.717, 1.165) is 16.8 Å². The number of amides is 1. The van der Waals surface area contributed by atoms with Crippen LogP contribution in [0.25, 0.3) is 0 Å². The van der Waals surface area contributed by atoms with E-state index in [1.807, 2.05) is 44.2 Å². The van der Waals surface area contributed by atoms with E-state index in [4.69, 9.17) is 0 Å². The lowest BCUT2D eigenvalue weighted by atomic mass is 10.1. The molecule has 3 rings (SSSR count). The number of fused-ring (bicyclic) bond motifs is 1. The highest BCUT2D eigenvalue weighted by Gasteiger charge is 2.32. The van der Waals surface area contributed by atoms with Crippen molar-refractivity contribution in [1.29, 1.82) is 0 Å². The number of rotatable bonds is 7. The van der Waals surface area contributed by atoms with Crippen LogP contribution < -0.4 is 4.90 Å². The molecule has 0 unspecified atom stereocenters. The second kappa shape index (κ2) is 8.43. The molecule has 1 atom stereocenters. The molecule has 1 amide bonds. The Hall–Kier alpha value is -2.22. The SMILES string of the molecule is CCC(=O)N1c2ccc(S(=O)(=O)N(CCO)Cc3ccccc3)cc2C[C@@H]1C. The number of sulfonamides is 1. The smallest absolute Gasteiger partial charge is 0.243 e. The largest absolute Gasteiger partial charge is 0.395 e. The second-order valence-corrected chi connectivity index (χ2v) is 8.95. The van der Waals surface area contributed by atoms with Crippen LogP contribution in [-0.2, 0) is 27.8 Å². The average Bonchev–Trinajstić information content (AvgIpc) is 3.02. The predicted octanol–water partition coefficient (Wildman–Crippen LogP) is 2.56. The van der Waals surface area contributed by atoms with Gasteiger partial charge in [0, 0.05) is 31.2 Å². The summed E-state index contributed by atoms with van der Waals surface area (Å²) in [6.07, 6.45) is 1.04. The van der Waals surface area contributed by atoms with Gasteiger partial charge in [0.25, 0.3) is 0 Å². The van der Waals surface area contributed by atoms with Crippen LogP contribution in [0.5, 0.6) is 0 Å². The normalized spacial score (nSPS) is 16.4. The molecule has 0 radical (unpaired) electrons. The van der Waals surface area contributed by atoms with Gasteiger partial charge in [-0.25, -0.2) is 8.42 Å². The van der Waals surface area contributed by atoms with Gasteiger partial charge < -0.3 is 10.0 Å². The first-order valence-electron chi connectivity index (χ1n) is 9.48. The minimum atomic E-state index is -3.77. The van der Waals surface area contributed by atoms with Crippen molar-refractivity contribution >= 4 is 21.6 Å². The van der Waals surface area contributed by atoms with Crippen LogP contribution in [-0.4, -0.2) is 42.9 Å². The first-order valence-corrected chi connectivity index (χ1v) is 10.9. The summed E-state index contributed by atoms with van der Waals surface area (Å²) in [5.74, 6) is 0.0350. The molecule has 1 aliphatic heterocycles. The maximum atomic E-state index is 13.2. The Morgan fingerprint density at radius 1 is 1.21 bits per heavy atom. The molecule has 1 aliphatic rings. The predicted molar refractivity (Wildman–Crippen MR) is 109 cm³/mol. The van der Waals surface area contributed by atoms with Crippen LogP contribution in [0.4, 0.5) is 5.69 Å². The molecule has 1 N–H and O–H groups in total. The van der Waals surface area contributed by atoms with Gasteiger partial charge in [-0.3, -0.25) is 4.79 Å². The van der Waals surface area contributed by atoms with Gasteiger partial charge >= 0.3 is 0 Å². The molecule has 0 saturated carbocycles. The Kier molecular flexibility index (Phi) is 6.17. The Bertz CT molecular complexity index is 944. The van der Waals surface area contributed by atoms with E-state index in [1.165, 1.54) is 4.31 Å². The zero-order valence-electron chi connectivity index (χ0n) is 16.2. The van der Waals surface area contributed by atoms with Crippen molar-refractivity contribution in [1.82, 2.24) is 4.31 Å². The molecule has 6 nitrogen and oxygen atoms in total. The summed E-state index contributed by atoms with van der Waals surface area (Å²) < 4.78 is 27.7. The van der Waals surface area contributed by atoms with Crippen molar-refractivity contribution in [3.63, 3.8) is 0 Å². The first-order chi connectivity index (χ1) is 13.4. The topological polar surface area (TPSA) is 77.9 Å². The fourth-order valence-electron chi connectivity index (χ4n) is 3.65. The van der Waals surface area contributed by atoms with Gasteiger partial charge in [-0.2, -0.15) is 4.31 Å². The monoisotopic (exact) mass is 402 g/mol. The lowest BCUT2D eigenvalue weighted by Crippen LogP contribution is -2.35. The van der Waals surface area contributed by atoms with E-state index < -0.39 is 10.0 Å². The number of anilines is 1. The third-order valence-electron chi connectivity index (χ3n) is 5.03. The molecule has 150 valence electrons. The van der Waals surface area contributed by atoms with Crippen molar-refractivity contribution < 1.29 is 18.3 Å². The number of aliphatic hydroxyl groups is 1. The Morgan fingerprint density at radius 2 is 1.93 bits per heavy atom. The molecule has 28 heavy (non-hydrogen) atoms. The lowest BCUT2D eigenvalue weighted by molar-refractivity contribution is -0.118. The summed E-state index contributed by atoms with van der Waals surface area (Å²) >= 11 is 0. The molecular weight excluding hydrogens is 376 g/mol. The summed E-state index contributed by atoms with van der Waals surface area (Å²) in [4.78, 5) is 14.2. The third-order valence-corrected chi connectivity index (χ3v) is 6.87. The number of carbonyl (C=O) groups excluding carboxylic acids is 1. The van der Waals surface area contributed by atoms with Gasteiger partial charge in [-0.05, 0) is 42.7 Å². The van der Waals surface area contributed by atoms with Crippen molar-refractivity contribution in [2.45, 2.75) is 44.2 Å². The van der Waals surface area contributed by atoms with Gasteiger partial charge in [0.2, 0.25) is 15.9 Å². The summed E-state index contributed by atoms with van der Waals surface area (Å²) in [5, 5.41) is 9.39. The number of hydrogen-bond donors (Lipinski definition) is 1. The number of carbonyl (C=O) groups is 1. The Labute approximate surface area is 166 Å². The molecule has 0 aromatic heterocycles. The fraction of sp³-hybridized carbons (Fsp3) is 0.381. The molecule has 2 aromatic rings. The van der Waals surface area contributed by atoms with E-state index in [-0.39, 0.29) is 36.5 Å². The fourth-order valence-corrected chi connectivity index (χ4v) is 5.12. The highest BCUT2D eigenvalue weighted by atomic mass is 32.2. The molecule has 7 heteroatoms. The molecule has 0 fully saturated rings. The highest BCUT2D eigenvalue weighted by molar-refractivity contribution is 7.89. The number of benzene rings is 2. The molecule has 0 bridgehead atoms. The lowest BCUT2D eigenvalue weighted by Gasteiger charge is -2.23. The number of hydrogen-bond acceptors (Lipinski definition) is 4. The van der Waals surface area contributed by atoms with Crippen molar-refractivity contribution in [3.05, 3.63) is 59.7 Å². The van der Waals surface area contributed by atoms with Crippen LogP contribution in [0.2, 0.25) is 0 Å². The van der Waals surface area contributed by atoms with E-state index in [9.17, 15) is 18.3 Å². The summed E-state index contributed by atoms with van der Waals surface area (Å²) in [6.45, 7) is 3.74. The van der Waals surface area contributed by atoms with Crippen molar-refractivity contribution in [2.75, 3.05) is 18.1 Å².